The topological polar surface area (TPSA) is 63.5 Å². The first-order valence-corrected chi connectivity index (χ1v) is 12.0. The normalized spacial score (nSPS) is 12.3. The van der Waals surface area contributed by atoms with Crippen molar-refractivity contribution in [2.45, 2.75) is 6.04 Å². The second-order valence-electron chi connectivity index (χ2n) is 8.72. The van der Waals surface area contributed by atoms with Crippen LogP contribution in [0.1, 0.15) is 17.2 Å². The van der Waals surface area contributed by atoms with E-state index in [0.717, 1.165) is 55.6 Å². The van der Waals surface area contributed by atoms with Crippen molar-refractivity contribution in [1.29, 1.82) is 0 Å². The van der Waals surface area contributed by atoms with Crippen molar-refractivity contribution < 1.29 is 4.42 Å². The van der Waals surface area contributed by atoms with Crippen LogP contribution in [0.2, 0.25) is 0 Å². The van der Waals surface area contributed by atoms with Gasteiger partial charge in [0.15, 0.2) is 0 Å². The molecule has 4 heteroatoms. The molecular weight excluding hydrogens is 442 g/mol. The van der Waals surface area contributed by atoms with Crippen molar-refractivity contribution in [3.63, 3.8) is 0 Å². The van der Waals surface area contributed by atoms with Crippen LogP contribution in [0.4, 0.5) is 11.4 Å². The number of para-hydroxylation sites is 2. The lowest BCUT2D eigenvalue weighted by Gasteiger charge is -2.16. The van der Waals surface area contributed by atoms with E-state index in [-0.39, 0.29) is 6.04 Å². The van der Waals surface area contributed by atoms with E-state index < -0.39 is 0 Å². The highest BCUT2D eigenvalue weighted by Crippen LogP contribution is 2.37. The van der Waals surface area contributed by atoms with Gasteiger partial charge in [0.2, 0.25) is 0 Å². The number of nitrogen functional groups attached to an aromatic ring is 1. The van der Waals surface area contributed by atoms with Crippen LogP contribution in [0, 0.1) is 0 Å². The maximum Gasteiger partial charge on any atom is 0.136 e. The molecular formula is C32H25N3O. The number of hydrogen-bond acceptors (Lipinski definition) is 3. The van der Waals surface area contributed by atoms with Gasteiger partial charge in [0.1, 0.15) is 17.2 Å². The van der Waals surface area contributed by atoms with E-state index in [9.17, 15) is 0 Å². The molecule has 0 amide bonds. The number of aliphatic imine (C=N–C) groups is 1. The molecule has 174 valence electrons. The highest BCUT2D eigenvalue weighted by atomic mass is 16.3. The Morgan fingerprint density at radius 2 is 1.39 bits per heavy atom. The minimum absolute atomic E-state index is 0.224. The van der Waals surface area contributed by atoms with E-state index >= 15 is 0 Å². The summed E-state index contributed by atoms with van der Waals surface area (Å²) >= 11 is 0. The number of fused-ring (bicyclic) bond motifs is 3. The monoisotopic (exact) mass is 467 g/mol. The average Bonchev–Trinajstić information content (AvgIpc) is 3.30. The van der Waals surface area contributed by atoms with Gasteiger partial charge in [-0.2, -0.15) is 0 Å². The second-order valence-corrected chi connectivity index (χ2v) is 8.72. The summed E-state index contributed by atoms with van der Waals surface area (Å²) in [6.07, 6.45) is 1.78. The molecule has 6 rings (SSSR count). The Morgan fingerprint density at radius 1 is 0.694 bits per heavy atom. The first-order chi connectivity index (χ1) is 17.8. The van der Waals surface area contributed by atoms with E-state index in [4.69, 9.17) is 15.1 Å². The highest BCUT2D eigenvalue weighted by molar-refractivity contribution is 6.09. The van der Waals surface area contributed by atoms with Crippen molar-refractivity contribution in [2.24, 2.45) is 4.99 Å². The highest BCUT2D eigenvalue weighted by Gasteiger charge is 2.16. The van der Waals surface area contributed by atoms with Crippen LogP contribution >= 0.6 is 0 Å². The van der Waals surface area contributed by atoms with Gasteiger partial charge >= 0.3 is 0 Å². The van der Waals surface area contributed by atoms with Gasteiger partial charge < -0.3 is 15.5 Å². The standard InChI is InChI=1S/C32H25N3O/c33-28-17-9-7-16-25(28)32(23-13-5-2-6-14-23)35-21-34-29-19-27-24-15-8-10-18-30(24)36-31(27)20-26(29)22-11-3-1-4-12-22/h1-21,32H,33H2,(H,34,35). The molecule has 0 aliphatic heterocycles. The third-order valence-electron chi connectivity index (χ3n) is 6.45. The number of nitrogens with one attached hydrogen (secondary N) is 1. The maximum absolute atomic E-state index is 6.34. The predicted molar refractivity (Wildman–Crippen MR) is 150 cm³/mol. The molecule has 0 aliphatic rings. The molecule has 36 heavy (non-hydrogen) atoms. The molecule has 0 aliphatic carbocycles. The molecule has 0 spiro atoms. The number of nitrogens with two attached hydrogens (primary N) is 1. The fourth-order valence-electron chi connectivity index (χ4n) is 4.67. The van der Waals surface area contributed by atoms with Gasteiger partial charge in [0.25, 0.3) is 0 Å². The van der Waals surface area contributed by atoms with Crippen LogP contribution in [-0.2, 0) is 0 Å². The Labute approximate surface area is 209 Å². The van der Waals surface area contributed by atoms with Crippen molar-refractivity contribution in [2.75, 3.05) is 11.1 Å². The number of rotatable bonds is 6. The summed E-state index contributed by atoms with van der Waals surface area (Å²) < 4.78 is 6.17. The number of hydrogen-bond donors (Lipinski definition) is 2. The third-order valence-corrected chi connectivity index (χ3v) is 6.45. The van der Waals surface area contributed by atoms with Crippen LogP contribution in [0.25, 0.3) is 33.1 Å². The Kier molecular flexibility index (Phi) is 5.68. The van der Waals surface area contributed by atoms with Gasteiger partial charge in [0, 0.05) is 33.3 Å². The molecule has 0 fully saturated rings. The maximum atomic E-state index is 6.34. The van der Waals surface area contributed by atoms with Crippen LogP contribution in [0.5, 0.6) is 0 Å². The van der Waals surface area contributed by atoms with Crippen molar-refractivity contribution in [3.8, 4) is 11.1 Å². The van der Waals surface area contributed by atoms with E-state index in [1.54, 1.807) is 6.34 Å². The zero-order valence-corrected chi connectivity index (χ0v) is 19.6. The van der Waals surface area contributed by atoms with Gasteiger partial charge in [-0.15, -0.1) is 0 Å². The quantitative estimate of drug-likeness (QED) is 0.148. The van der Waals surface area contributed by atoms with Gasteiger partial charge in [-0.3, -0.25) is 4.99 Å². The number of benzene rings is 5. The zero-order chi connectivity index (χ0) is 24.3. The lowest BCUT2D eigenvalue weighted by Crippen LogP contribution is -2.05. The smallest absolute Gasteiger partial charge is 0.136 e. The fraction of sp³-hybridized carbons (Fsp3) is 0.0312. The third kappa shape index (κ3) is 4.10. The lowest BCUT2D eigenvalue weighted by molar-refractivity contribution is 0.669. The summed E-state index contributed by atoms with van der Waals surface area (Å²) in [4.78, 5) is 4.95. The van der Waals surface area contributed by atoms with Crippen LogP contribution in [-0.4, -0.2) is 6.34 Å². The summed E-state index contributed by atoms with van der Waals surface area (Å²) in [5, 5.41) is 5.63. The Hall–Kier alpha value is -4.83. The molecule has 1 aromatic heterocycles. The first-order valence-electron chi connectivity index (χ1n) is 12.0. The number of anilines is 2. The van der Waals surface area contributed by atoms with Gasteiger partial charge in [-0.05, 0) is 35.4 Å². The summed E-state index contributed by atoms with van der Waals surface area (Å²) in [5.74, 6) is 0. The largest absolute Gasteiger partial charge is 0.456 e. The molecule has 6 aromatic rings. The van der Waals surface area contributed by atoms with E-state index in [0.29, 0.717) is 0 Å². The molecule has 5 aromatic carbocycles. The minimum atomic E-state index is -0.224. The summed E-state index contributed by atoms with van der Waals surface area (Å²) in [7, 11) is 0. The van der Waals surface area contributed by atoms with E-state index in [1.807, 2.05) is 78.9 Å². The zero-order valence-electron chi connectivity index (χ0n) is 19.6. The van der Waals surface area contributed by atoms with Crippen molar-refractivity contribution >= 4 is 39.7 Å². The van der Waals surface area contributed by atoms with E-state index in [1.165, 1.54) is 0 Å². The molecule has 0 bridgehead atoms. The number of nitrogens with zero attached hydrogens (tertiary/aromatic N) is 1. The summed E-state index contributed by atoms with van der Waals surface area (Å²) in [6.45, 7) is 0. The molecule has 0 radical (unpaired) electrons. The van der Waals surface area contributed by atoms with E-state index in [2.05, 4.69) is 47.8 Å². The van der Waals surface area contributed by atoms with Crippen LogP contribution < -0.4 is 11.1 Å². The molecule has 1 atom stereocenters. The number of furan rings is 1. The lowest BCUT2D eigenvalue weighted by atomic mass is 9.98. The Balaban J connectivity index is 1.44. The summed E-state index contributed by atoms with van der Waals surface area (Å²) in [5.41, 5.74) is 13.9. The molecule has 1 unspecified atom stereocenters. The second kappa shape index (κ2) is 9.43. The average molecular weight is 468 g/mol. The first kappa shape index (κ1) is 21.7. The van der Waals surface area contributed by atoms with Gasteiger partial charge in [0.05, 0.1) is 6.34 Å². The van der Waals surface area contributed by atoms with Crippen molar-refractivity contribution in [3.05, 3.63) is 132 Å². The molecule has 0 saturated carbocycles. The Bertz CT molecular complexity index is 1670. The fourth-order valence-corrected chi connectivity index (χ4v) is 4.67. The summed E-state index contributed by atoms with van der Waals surface area (Å²) in [6, 6.07) is 40.5. The van der Waals surface area contributed by atoms with Crippen LogP contribution in [0.15, 0.2) is 131 Å². The van der Waals surface area contributed by atoms with Gasteiger partial charge in [-0.1, -0.05) is 97.1 Å². The van der Waals surface area contributed by atoms with Gasteiger partial charge in [-0.25, -0.2) is 0 Å². The van der Waals surface area contributed by atoms with Crippen molar-refractivity contribution in [1.82, 2.24) is 0 Å². The van der Waals surface area contributed by atoms with Crippen LogP contribution in [0.3, 0.4) is 0 Å². The molecule has 3 N–H and O–H groups in total. The molecule has 0 saturated heterocycles. The predicted octanol–water partition coefficient (Wildman–Crippen LogP) is 8.07. The Morgan fingerprint density at radius 3 is 2.19 bits per heavy atom. The molecule has 4 nitrogen and oxygen atoms in total. The minimum Gasteiger partial charge on any atom is -0.456 e. The molecule has 1 heterocycles. The SMILES string of the molecule is Nc1ccccc1C(N=CNc1cc2c(cc1-c1ccccc1)oc1ccccc12)c1ccccc1.